The van der Waals surface area contributed by atoms with Gasteiger partial charge in [-0.05, 0) is 30.9 Å². The van der Waals surface area contributed by atoms with E-state index in [0.717, 1.165) is 37.2 Å². The van der Waals surface area contributed by atoms with E-state index in [4.69, 9.17) is 16.9 Å². The number of pyridine rings is 1. The van der Waals surface area contributed by atoms with Crippen LogP contribution in [0.1, 0.15) is 18.4 Å². The fourth-order valence-electron chi connectivity index (χ4n) is 2.01. The van der Waals surface area contributed by atoms with Crippen LogP contribution in [0.3, 0.4) is 0 Å². The molecule has 0 unspecified atom stereocenters. The Morgan fingerprint density at radius 1 is 1.53 bits per heavy atom. The molecule has 1 atom stereocenters. The summed E-state index contributed by atoms with van der Waals surface area (Å²) >= 11 is 5.74. The van der Waals surface area contributed by atoms with Gasteiger partial charge in [0.1, 0.15) is 11.0 Å². The molecule has 0 aromatic carbocycles. The highest BCUT2D eigenvalue weighted by molar-refractivity contribution is 6.29. The average molecular weight is 249 g/mol. The molecule has 0 aliphatic carbocycles. The number of hydrogen-bond acceptors (Lipinski definition) is 4. The number of amidine groups is 1. The van der Waals surface area contributed by atoms with Crippen LogP contribution < -0.4 is 5.32 Å². The lowest BCUT2D eigenvalue weighted by Crippen LogP contribution is -2.32. The lowest BCUT2D eigenvalue weighted by atomic mass is 9.92. The molecular weight excluding hydrogens is 236 g/mol. The predicted octanol–water partition coefficient (Wildman–Crippen LogP) is 2.16. The van der Waals surface area contributed by atoms with Gasteiger partial charge in [0.2, 0.25) is 0 Å². The first-order valence-electron chi connectivity index (χ1n) is 5.59. The van der Waals surface area contributed by atoms with E-state index in [-0.39, 0.29) is 5.92 Å². The van der Waals surface area contributed by atoms with Crippen molar-refractivity contribution in [2.75, 3.05) is 6.54 Å². The van der Waals surface area contributed by atoms with Crippen LogP contribution in [0, 0.1) is 17.4 Å². The van der Waals surface area contributed by atoms with Crippen LogP contribution in [0.4, 0.5) is 0 Å². The van der Waals surface area contributed by atoms with Gasteiger partial charge in [-0.2, -0.15) is 5.26 Å². The van der Waals surface area contributed by atoms with Gasteiger partial charge in [-0.25, -0.2) is 4.98 Å². The van der Waals surface area contributed by atoms with E-state index in [0.29, 0.717) is 5.15 Å². The van der Waals surface area contributed by atoms with E-state index in [9.17, 15) is 0 Å². The summed E-state index contributed by atoms with van der Waals surface area (Å²) in [5, 5.41) is 11.8. The highest BCUT2D eigenvalue weighted by Crippen LogP contribution is 2.19. The van der Waals surface area contributed by atoms with Crippen molar-refractivity contribution in [3.63, 3.8) is 0 Å². The molecule has 4 nitrogen and oxygen atoms in total. The zero-order valence-electron chi connectivity index (χ0n) is 9.36. The van der Waals surface area contributed by atoms with Crippen LogP contribution in [0.25, 0.3) is 0 Å². The van der Waals surface area contributed by atoms with Crippen molar-refractivity contribution in [1.82, 2.24) is 10.3 Å². The van der Waals surface area contributed by atoms with Crippen LogP contribution in [-0.2, 0) is 6.42 Å². The lowest BCUT2D eigenvalue weighted by Gasteiger charge is -2.21. The lowest BCUT2D eigenvalue weighted by molar-refractivity contribution is 0.553. The van der Waals surface area contributed by atoms with Gasteiger partial charge in [0.25, 0.3) is 0 Å². The Balaban J connectivity index is 2.07. The number of halogens is 1. The Hall–Kier alpha value is -1.60. The summed E-state index contributed by atoms with van der Waals surface area (Å²) in [5.41, 5.74) is 1.12. The van der Waals surface area contributed by atoms with Gasteiger partial charge in [0.15, 0.2) is 6.19 Å². The fourth-order valence-corrected chi connectivity index (χ4v) is 2.12. The second-order valence-corrected chi connectivity index (χ2v) is 4.42. The molecule has 0 saturated carbocycles. The molecule has 1 aliphatic rings. The molecule has 1 aromatic heterocycles. The molecule has 2 rings (SSSR count). The summed E-state index contributed by atoms with van der Waals surface area (Å²) in [6.45, 7) is 0.805. The average Bonchev–Trinajstić information content (AvgIpc) is 2.35. The van der Waals surface area contributed by atoms with Gasteiger partial charge < -0.3 is 0 Å². The molecule has 0 amide bonds. The third-order valence-corrected chi connectivity index (χ3v) is 3.06. The van der Waals surface area contributed by atoms with Gasteiger partial charge in [0.05, 0.1) is 0 Å². The number of hydrogen-bond donors (Lipinski definition) is 1. The molecular formula is C12H13ClN4. The number of nitrogens with one attached hydrogen (secondary N) is 1. The zero-order chi connectivity index (χ0) is 12.1. The minimum absolute atomic E-state index is 0.284. The van der Waals surface area contributed by atoms with E-state index >= 15 is 0 Å². The third-order valence-electron chi connectivity index (χ3n) is 2.83. The molecule has 1 N–H and O–H groups in total. The van der Waals surface area contributed by atoms with E-state index in [2.05, 4.69) is 15.3 Å². The highest BCUT2D eigenvalue weighted by Gasteiger charge is 2.19. The van der Waals surface area contributed by atoms with Crippen molar-refractivity contribution >= 4 is 17.4 Å². The van der Waals surface area contributed by atoms with Gasteiger partial charge in [0, 0.05) is 18.7 Å². The smallest absolute Gasteiger partial charge is 0.182 e. The number of nitriles is 1. The maximum atomic E-state index is 8.67. The first-order valence-corrected chi connectivity index (χ1v) is 5.97. The van der Waals surface area contributed by atoms with Crippen molar-refractivity contribution in [3.8, 4) is 6.19 Å². The van der Waals surface area contributed by atoms with Crippen LogP contribution in [0.5, 0.6) is 0 Å². The Morgan fingerprint density at radius 2 is 2.41 bits per heavy atom. The van der Waals surface area contributed by atoms with Crippen molar-refractivity contribution in [1.29, 1.82) is 5.26 Å². The van der Waals surface area contributed by atoms with Crippen molar-refractivity contribution in [3.05, 3.63) is 29.0 Å². The molecule has 1 aliphatic heterocycles. The number of aromatic nitrogens is 1. The normalized spacial score (nSPS) is 19.3. The standard InChI is InChI=1S/C12H13ClN4/c13-11-4-3-9(7-16-11)6-10-2-1-5-15-12(10)17-8-14/h3-4,7,10H,1-2,5-6H2,(H,15,17)/t10-/m0/s1. The molecule has 0 fully saturated rings. The molecule has 1 aromatic rings. The Morgan fingerprint density at radius 3 is 3.12 bits per heavy atom. The van der Waals surface area contributed by atoms with Gasteiger partial charge in [-0.15, -0.1) is 0 Å². The molecule has 5 heteroatoms. The molecule has 0 spiro atoms. The minimum Gasteiger partial charge on any atom is -0.280 e. The summed E-state index contributed by atoms with van der Waals surface area (Å²) in [4.78, 5) is 8.41. The van der Waals surface area contributed by atoms with Crippen molar-refractivity contribution in [2.24, 2.45) is 10.9 Å². The SMILES string of the molecule is N#CNC1=NCCC[C@H]1Cc1ccc(Cl)nc1. The van der Waals surface area contributed by atoms with Crippen molar-refractivity contribution < 1.29 is 0 Å². The molecule has 2 heterocycles. The highest BCUT2D eigenvalue weighted by atomic mass is 35.5. The summed E-state index contributed by atoms with van der Waals surface area (Å²) in [7, 11) is 0. The third kappa shape index (κ3) is 3.18. The fraction of sp³-hybridized carbons (Fsp3) is 0.417. The van der Waals surface area contributed by atoms with E-state index < -0.39 is 0 Å². The molecule has 0 bridgehead atoms. The summed E-state index contributed by atoms with van der Waals surface area (Å²) in [5.74, 6) is 1.08. The van der Waals surface area contributed by atoms with Gasteiger partial charge >= 0.3 is 0 Å². The number of rotatable bonds is 2. The second-order valence-electron chi connectivity index (χ2n) is 4.04. The maximum Gasteiger partial charge on any atom is 0.182 e. The number of nitrogens with zero attached hydrogens (tertiary/aromatic N) is 3. The summed E-state index contributed by atoms with van der Waals surface area (Å²) in [6, 6.07) is 3.75. The quantitative estimate of drug-likeness (QED) is 0.496. The summed E-state index contributed by atoms with van der Waals surface area (Å²) < 4.78 is 0. The molecule has 88 valence electrons. The predicted molar refractivity (Wildman–Crippen MR) is 66.7 cm³/mol. The topological polar surface area (TPSA) is 61.1 Å². The van der Waals surface area contributed by atoms with E-state index in [1.807, 2.05) is 12.3 Å². The maximum absolute atomic E-state index is 8.67. The Bertz CT molecular complexity index is 447. The first-order chi connectivity index (χ1) is 8.29. The van der Waals surface area contributed by atoms with Crippen LogP contribution in [-0.4, -0.2) is 17.4 Å². The monoisotopic (exact) mass is 248 g/mol. The summed E-state index contributed by atoms with van der Waals surface area (Å²) in [6.07, 6.45) is 6.69. The molecule has 17 heavy (non-hydrogen) atoms. The second kappa shape index (κ2) is 5.65. The molecule has 0 saturated heterocycles. The molecule has 0 radical (unpaired) electrons. The zero-order valence-corrected chi connectivity index (χ0v) is 10.1. The largest absolute Gasteiger partial charge is 0.280 e. The van der Waals surface area contributed by atoms with Crippen LogP contribution >= 0.6 is 11.6 Å². The van der Waals surface area contributed by atoms with Crippen molar-refractivity contribution in [2.45, 2.75) is 19.3 Å². The Kier molecular flexibility index (Phi) is 3.94. The number of aliphatic imine (C=N–C) groups is 1. The van der Waals surface area contributed by atoms with E-state index in [1.165, 1.54) is 0 Å². The minimum atomic E-state index is 0.284. The van der Waals surface area contributed by atoms with E-state index in [1.54, 1.807) is 12.3 Å². The van der Waals surface area contributed by atoms with Gasteiger partial charge in [-0.3, -0.25) is 10.3 Å². The Labute approximate surface area is 105 Å². The van der Waals surface area contributed by atoms with Gasteiger partial charge in [-0.1, -0.05) is 17.7 Å². The van der Waals surface area contributed by atoms with Crippen LogP contribution in [0.2, 0.25) is 5.15 Å². The first kappa shape index (κ1) is 11.9. The van der Waals surface area contributed by atoms with Crippen LogP contribution in [0.15, 0.2) is 23.3 Å².